The highest BCUT2D eigenvalue weighted by atomic mass is 16.2. The Morgan fingerprint density at radius 2 is 2.23 bits per heavy atom. The van der Waals surface area contributed by atoms with Crippen LogP contribution >= 0.6 is 0 Å². The molecule has 1 saturated heterocycles. The van der Waals surface area contributed by atoms with E-state index in [-0.39, 0.29) is 5.92 Å². The Bertz CT molecular complexity index is 177. The second-order valence-electron chi connectivity index (χ2n) is 4.27. The number of carbonyl (C=O) groups excluding carboxylic acids is 1. The summed E-state index contributed by atoms with van der Waals surface area (Å²) in [5.74, 6) is 0.508. The van der Waals surface area contributed by atoms with Crippen LogP contribution in [0.4, 0.5) is 0 Å². The summed E-state index contributed by atoms with van der Waals surface area (Å²) >= 11 is 0. The number of hydrogen-bond acceptors (Lipinski definition) is 1. The summed E-state index contributed by atoms with van der Waals surface area (Å²) in [4.78, 5) is 13.8. The molecule has 0 aromatic heterocycles. The highest BCUT2D eigenvalue weighted by Crippen LogP contribution is 2.22. The van der Waals surface area contributed by atoms with Crippen LogP contribution in [-0.2, 0) is 4.79 Å². The third-order valence-electron chi connectivity index (χ3n) is 2.78. The van der Waals surface area contributed by atoms with Gasteiger partial charge in [0, 0.05) is 18.5 Å². The van der Waals surface area contributed by atoms with Gasteiger partial charge in [-0.1, -0.05) is 27.2 Å². The third kappa shape index (κ3) is 2.45. The average molecular weight is 183 g/mol. The lowest BCUT2D eigenvalue weighted by molar-refractivity contribution is -0.135. The minimum atomic E-state index is 0.164. The van der Waals surface area contributed by atoms with Crippen molar-refractivity contribution in [2.75, 3.05) is 6.54 Å². The lowest BCUT2D eigenvalue weighted by Crippen LogP contribution is -2.38. The molecule has 1 unspecified atom stereocenters. The van der Waals surface area contributed by atoms with Crippen molar-refractivity contribution in [2.45, 2.75) is 52.5 Å². The zero-order chi connectivity index (χ0) is 9.84. The summed E-state index contributed by atoms with van der Waals surface area (Å²) in [6.45, 7) is 7.16. The smallest absolute Gasteiger partial charge is 0.225 e. The van der Waals surface area contributed by atoms with Gasteiger partial charge in [-0.05, 0) is 19.3 Å². The van der Waals surface area contributed by atoms with Crippen molar-refractivity contribution in [3.63, 3.8) is 0 Å². The molecule has 76 valence electrons. The molecule has 1 aliphatic heterocycles. The predicted molar refractivity (Wildman–Crippen MR) is 54.5 cm³/mol. The van der Waals surface area contributed by atoms with Gasteiger partial charge in [-0.25, -0.2) is 0 Å². The molecule has 0 bridgehead atoms. The molecule has 2 heteroatoms. The molecule has 0 saturated carbocycles. The van der Waals surface area contributed by atoms with E-state index in [1.165, 1.54) is 25.7 Å². The monoisotopic (exact) mass is 183 g/mol. The summed E-state index contributed by atoms with van der Waals surface area (Å²) in [6.07, 6.45) is 4.78. The van der Waals surface area contributed by atoms with Gasteiger partial charge in [-0.3, -0.25) is 4.79 Å². The first kappa shape index (κ1) is 10.6. The Morgan fingerprint density at radius 3 is 2.77 bits per heavy atom. The number of nitrogens with zero attached hydrogens (tertiary/aromatic N) is 1. The first-order valence-corrected chi connectivity index (χ1v) is 5.47. The fourth-order valence-electron chi connectivity index (χ4n) is 2.09. The molecule has 1 heterocycles. The molecule has 0 aromatic rings. The Balaban J connectivity index is 2.52. The number of hydrogen-bond donors (Lipinski definition) is 0. The van der Waals surface area contributed by atoms with Gasteiger partial charge >= 0.3 is 0 Å². The highest BCUT2D eigenvalue weighted by Gasteiger charge is 2.28. The van der Waals surface area contributed by atoms with E-state index < -0.39 is 0 Å². The number of amides is 1. The molecule has 0 N–H and O–H groups in total. The molecule has 1 amide bonds. The van der Waals surface area contributed by atoms with Crippen molar-refractivity contribution >= 4 is 5.91 Å². The molecule has 1 rings (SSSR count). The van der Waals surface area contributed by atoms with Crippen molar-refractivity contribution in [3.8, 4) is 0 Å². The van der Waals surface area contributed by atoms with Crippen molar-refractivity contribution in [1.82, 2.24) is 4.90 Å². The molecule has 1 atom stereocenters. The quantitative estimate of drug-likeness (QED) is 0.658. The normalized spacial score (nSPS) is 22.8. The van der Waals surface area contributed by atoms with E-state index in [0.717, 1.165) is 6.54 Å². The van der Waals surface area contributed by atoms with Crippen LogP contribution in [0.5, 0.6) is 0 Å². The zero-order valence-electron chi connectivity index (χ0n) is 9.05. The summed E-state index contributed by atoms with van der Waals surface area (Å²) in [6, 6.07) is 0.542. The first-order valence-electron chi connectivity index (χ1n) is 5.47. The van der Waals surface area contributed by atoms with Crippen LogP contribution in [0, 0.1) is 5.92 Å². The largest absolute Gasteiger partial charge is 0.339 e. The van der Waals surface area contributed by atoms with Gasteiger partial charge in [0.1, 0.15) is 0 Å². The van der Waals surface area contributed by atoms with Crippen molar-refractivity contribution < 1.29 is 4.79 Å². The van der Waals surface area contributed by atoms with Crippen LogP contribution < -0.4 is 0 Å². The fourth-order valence-corrected chi connectivity index (χ4v) is 2.09. The maximum absolute atomic E-state index is 11.8. The maximum atomic E-state index is 11.8. The van der Waals surface area contributed by atoms with Crippen molar-refractivity contribution in [2.24, 2.45) is 5.92 Å². The molecular weight excluding hydrogens is 162 g/mol. The zero-order valence-corrected chi connectivity index (χ0v) is 9.05. The highest BCUT2D eigenvalue weighted by molar-refractivity contribution is 5.78. The second kappa shape index (κ2) is 4.64. The van der Waals surface area contributed by atoms with Gasteiger partial charge in [-0.15, -0.1) is 0 Å². The Morgan fingerprint density at radius 1 is 1.54 bits per heavy atom. The molecular formula is C11H21NO. The topological polar surface area (TPSA) is 20.3 Å². The van der Waals surface area contributed by atoms with Crippen LogP contribution in [0.3, 0.4) is 0 Å². The van der Waals surface area contributed by atoms with E-state index >= 15 is 0 Å². The summed E-state index contributed by atoms with van der Waals surface area (Å²) in [5.41, 5.74) is 0. The maximum Gasteiger partial charge on any atom is 0.225 e. The Hall–Kier alpha value is -0.530. The van der Waals surface area contributed by atoms with E-state index in [0.29, 0.717) is 11.9 Å². The molecule has 2 nitrogen and oxygen atoms in total. The fraction of sp³-hybridized carbons (Fsp3) is 0.909. The van der Waals surface area contributed by atoms with E-state index in [1.54, 1.807) is 0 Å². The molecule has 0 aromatic carbocycles. The number of likely N-dealkylation sites (tertiary alicyclic amines) is 1. The van der Waals surface area contributed by atoms with Crippen molar-refractivity contribution in [3.05, 3.63) is 0 Å². The number of carbonyl (C=O) groups is 1. The van der Waals surface area contributed by atoms with E-state index in [9.17, 15) is 4.79 Å². The van der Waals surface area contributed by atoms with Gasteiger partial charge in [-0.2, -0.15) is 0 Å². The van der Waals surface area contributed by atoms with Crippen LogP contribution in [0.1, 0.15) is 46.5 Å². The summed E-state index contributed by atoms with van der Waals surface area (Å²) < 4.78 is 0. The number of rotatable bonds is 3. The summed E-state index contributed by atoms with van der Waals surface area (Å²) in [7, 11) is 0. The second-order valence-corrected chi connectivity index (χ2v) is 4.27. The van der Waals surface area contributed by atoms with Gasteiger partial charge in [0.25, 0.3) is 0 Å². The minimum absolute atomic E-state index is 0.164. The standard InChI is InChI=1S/C11H21NO/c1-4-6-10-7-5-8-12(10)11(13)9(2)3/h9-10H,4-8H2,1-3H3. The SMILES string of the molecule is CCCC1CCCN1C(=O)C(C)C. The Kier molecular flexibility index (Phi) is 3.76. The van der Waals surface area contributed by atoms with Gasteiger partial charge in [0.15, 0.2) is 0 Å². The molecule has 0 aliphatic carbocycles. The lowest BCUT2D eigenvalue weighted by Gasteiger charge is -2.26. The van der Waals surface area contributed by atoms with E-state index in [4.69, 9.17) is 0 Å². The molecule has 0 spiro atoms. The summed E-state index contributed by atoms with van der Waals surface area (Å²) in [5, 5.41) is 0. The van der Waals surface area contributed by atoms with Crippen molar-refractivity contribution in [1.29, 1.82) is 0 Å². The van der Waals surface area contributed by atoms with Gasteiger partial charge in [0.05, 0.1) is 0 Å². The Labute approximate surface area is 81.3 Å². The van der Waals surface area contributed by atoms with Crippen LogP contribution in [0.2, 0.25) is 0 Å². The predicted octanol–water partition coefficient (Wildman–Crippen LogP) is 2.43. The first-order chi connectivity index (χ1) is 6.16. The van der Waals surface area contributed by atoms with Gasteiger partial charge < -0.3 is 4.90 Å². The molecule has 0 radical (unpaired) electrons. The average Bonchev–Trinajstić information content (AvgIpc) is 2.52. The minimum Gasteiger partial charge on any atom is -0.339 e. The third-order valence-corrected chi connectivity index (χ3v) is 2.78. The van der Waals surface area contributed by atoms with Gasteiger partial charge in [0.2, 0.25) is 5.91 Å². The van der Waals surface area contributed by atoms with Crippen LogP contribution in [-0.4, -0.2) is 23.4 Å². The molecule has 1 fully saturated rings. The van der Waals surface area contributed by atoms with Crippen LogP contribution in [0.25, 0.3) is 0 Å². The molecule has 1 aliphatic rings. The lowest BCUT2D eigenvalue weighted by atomic mass is 10.1. The van der Waals surface area contributed by atoms with E-state index in [1.807, 2.05) is 13.8 Å². The van der Waals surface area contributed by atoms with Crippen LogP contribution in [0.15, 0.2) is 0 Å². The molecule has 13 heavy (non-hydrogen) atoms. The van der Waals surface area contributed by atoms with E-state index in [2.05, 4.69) is 11.8 Å².